The lowest BCUT2D eigenvalue weighted by Crippen LogP contribution is -2.40. The summed E-state index contributed by atoms with van der Waals surface area (Å²) in [5.74, 6) is 0. The second-order valence-corrected chi connectivity index (χ2v) is 14.7. The van der Waals surface area contributed by atoms with Gasteiger partial charge in [0.25, 0.3) is 20.1 Å². The molecule has 0 bridgehead atoms. The van der Waals surface area contributed by atoms with Crippen LogP contribution in [0.1, 0.15) is 39.1 Å². The van der Waals surface area contributed by atoms with Gasteiger partial charge in [-0.25, -0.2) is 30.5 Å². The third-order valence-electron chi connectivity index (χ3n) is 5.89. The molecule has 0 saturated heterocycles. The molecule has 0 spiro atoms. The molecule has 0 amide bonds. The van der Waals surface area contributed by atoms with E-state index in [0.717, 1.165) is 27.7 Å². The quantitative estimate of drug-likeness (QED) is 0.359. The summed E-state index contributed by atoms with van der Waals surface area (Å²) in [7, 11) is -11.9. The molecule has 3 rings (SSSR count). The van der Waals surface area contributed by atoms with E-state index in [0.29, 0.717) is 22.3 Å². The normalized spacial score (nSPS) is 13.6. The Balaban J connectivity index is 1.95. The minimum Gasteiger partial charge on any atom is -0.269 e. The molecule has 10 nitrogen and oxygen atoms in total. The first-order chi connectivity index (χ1) is 17.4. The second-order valence-electron chi connectivity index (χ2n) is 9.67. The molecule has 2 aromatic carbocycles. The second kappa shape index (κ2) is 10.9. The molecular weight excluding hydrogens is 550 g/mol. The van der Waals surface area contributed by atoms with Crippen LogP contribution in [0.2, 0.25) is 0 Å². The number of sulfonamides is 1. The Labute approximate surface area is 225 Å². The van der Waals surface area contributed by atoms with Crippen LogP contribution in [0.15, 0.2) is 46.6 Å². The standard InChI is InChI=1S/C25H33N3O7S3/c1-16-8-18(3)24(19(4)9-16)37(31,32)27-23(14-35-36(7,29)30)12-22-13-28(15-26-22)38(33,34)25-20(5)10-17(2)11-21(25)6/h8-11,13,15,23,27H,12,14H2,1-7H3/t23-/m0/s1. The van der Waals surface area contributed by atoms with Crippen molar-refractivity contribution in [2.75, 3.05) is 12.9 Å². The highest BCUT2D eigenvalue weighted by Gasteiger charge is 2.27. The van der Waals surface area contributed by atoms with Crippen molar-refractivity contribution in [2.45, 2.75) is 63.8 Å². The number of aromatic nitrogens is 2. The van der Waals surface area contributed by atoms with Gasteiger partial charge in [-0.2, -0.15) is 8.42 Å². The maximum Gasteiger partial charge on any atom is 0.269 e. The van der Waals surface area contributed by atoms with Crippen molar-refractivity contribution in [1.82, 2.24) is 13.7 Å². The van der Waals surface area contributed by atoms with Crippen LogP contribution in [0.25, 0.3) is 0 Å². The minimum atomic E-state index is -4.08. The Morgan fingerprint density at radius 2 is 1.29 bits per heavy atom. The zero-order valence-corrected chi connectivity index (χ0v) is 24.9. The van der Waals surface area contributed by atoms with Gasteiger partial charge in [0.15, 0.2) is 0 Å². The summed E-state index contributed by atoms with van der Waals surface area (Å²) >= 11 is 0. The molecule has 38 heavy (non-hydrogen) atoms. The molecular formula is C25H33N3O7S3. The van der Waals surface area contributed by atoms with Crippen LogP contribution in [-0.4, -0.2) is 53.1 Å². The van der Waals surface area contributed by atoms with Crippen molar-refractivity contribution in [1.29, 1.82) is 0 Å². The first kappa shape index (κ1) is 30.0. The molecule has 0 radical (unpaired) electrons. The average molecular weight is 584 g/mol. The van der Waals surface area contributed by atoms with Crippen molar-refractivity contribution in [2.24, 2.45) is 0 Å². The number of nitrogens with one attached hydrogen (secondary N) is 1. The van der Waals surface area contributed by atoms with Gasteiger partial charge < -0.3 is 0 Å². The molecule has 0 aliphatic rings. The minimum absolute atomic E-state index is 0.0888. The molecule has 0 aliphatic carbocycles. The van der Waals surface area contributed by atoms with E-state index in [-0.39, 0.29) is 21.9 Å². The molecule has 3 aromatic rings. The summed E-state index contributed by atoms with van der Waals surface area (Å²) in [5.41, 5.74) is 4.33. The topological polar surface area (TPSA) is 142 Å². The molecule has 0 aliphatic heterocycles. The maximum absolute atomic E-state index is 13.4. The average Bonchev–Trinajstić information content (AvgIpc) is 3.18. The zero-order valence-electron chi connectivity index (χ0n) is 22.4. The van der Waals surface area contributed by atoms with E-state index in [1.54, 1.807) is 52.0 Å². The number of aryl methyl sites for hydroxylation is 6. The third kappa shape index (κ3) is 6.89. The van der Waals surface area contributed by atoms with Gasteiger partial charge in [0.1, 0.15) is 6.33 Å². The van der Waals surface area contributed by atoms with E-state index in [2.05, 4.69) is 9.71 Å². The van der Waals surface area contributed by atoms with E-state index in [1.165, 1.54) is 6.20 Å². The van der Waals surface area contributed by atoms with Gasteiger partial charge in [-0.1, -0.05) is 35.4 Å². The summed E-state index contributed by atoms with van der Waals surface area (Å²) in [6, 6.07) is 5.99. The smallest absolute Gasteiger partial charge is 0.269 e. The van der Waals surface area contributed by atoms with Crippen LogP contribution in [-0.2, 0) is 40.8 Å². The predicted octanol–water partition coefficient (Wildman–Crippen LogP) is 2.84. The Bertz CT molecular complexity index is 1650. The Morgan fingerprint density at radius 1 is 0.816 bits per heavy atom. The molecule has 1 atom stereocenters. The van der Waals surface area contributed by atoms with Crippen LogP contribution in [0, 0.1) is 41.5 Å². The van der Waals surface area contributed by atoms with Crippen LogP contribution in [0.5, 0.6) is 0 Å². The lowest BCUT2D eigenvalue weighted by Gasteiger charge is -2.20. The Kier molecular flexibility index (Phi) is 8.59. The van der Waals surface area contributed by atoms with Crippen molar-refractivity contribution in [3.63, 3.8) is 0 Å². The van der Waals surface area contributed by atoms with Gasteiger partial charge in [-0.3, -0.25) is 4.18 Å². The van der Waals surface area contributed by atoms with Crippen LogP contribution < -0.4 is 4.72 Å². The van der Waals surface area contributed by atoms with E-state index in [4.69, 9.17) is 4.18 Å². The molecule has 1 aromatic heterocycles. The summed E-state index contributed by atoms with van der Waals surface area (Å²) in [4.78, 5) is 4.41. The van der Waals surface area contributed by atoms with Gasteiger partial charge >= 0.3 is 0 Å². The lowest BCUT2D eigenvalue weighted by molar-refractivity contribution is 0.283. The first-order valence-electron chi connectivity index (χ1n) is 11.7. The fourth-order valence-electron chi connectivity index (χ4n) is 4.72. The summed E-state index contributed by atoms with van der Waals surface area (Å²) in [5, 5.41) is 0. The first-order valence-corrected chi connectivity index (χ1v) is 16.5. The van der Waals surface area contributed by atoms with Crippen LogP contribution in [0.4, 0.5) is 0 Å². The number of rotatable bonds is 10. The summed E-state index contributed by atoms with van der Waals surface area (Å²) < 4.78 is 85.1. The monoisotopic (exact) mass is 583 g/mol. The molecule has 0 saturated carbocycles. The highest BCUT2D eigenvalue weighted by atomic mass is 32.2. The number of nitrogens with zero attached hydrogens (tertiary/aromatic N) is 2. The molecule has 1 N–H and O–H groups in total. The van der Waals surface area contributed by atoms with Gasteiger partial charge in [0, 0.05) is 12.6 Å². The zero-order chi connectivity index (χ0) is 28.6. The van der Waals surface area contributed by atoms with Crippen molar-refractivity contribution in [3.05, 3.63) is 75.9 Å². The van der Waals surface area contributed by atoms with Gasteiger partial charge in [0.05, 0.1) is 34.4 Å². The molecule has 208 valence electrons. The summed E-state index contributed by atoms with van der Waals surface area (Å²) in [6.07, 6.45) is 3.17. The number of imidazole rings is 1. The van der Waals surface area contributed by atoms with Crippen molar-refractivity contribution in [3.8, 4) is 0 Å². The molecule has 13 heteroatoms. The predicted molar refractivity (Wildman–Crippen MR) is 145 cm³/mol. The molecule has 0 unspecified atom stereocenters. The van der Waals surface area contributed by atoms with Crippen LogP contribution in [0.3, 0.4) is 0 Å². The fourth-order valence-corrected chi connectivity index (χ4v) is 8.38. The molecule has 1 heterocycles. The lowest BCUT2D eigenvalue weighted by atomic mass is 10.1. The third-order valence-corrected chi connectivity index (χ3v) is 10.2. The van der Waals surface area contributed by atoms with E-state index < -0.39 is 42.8 Å². The number of hydrogen-bond acceptors (Lipinski definition) is 8. The number of hydrogen-bond donors (Lipinski definition) is 1. The fraction of sp³-hybridized carbons (Fsp3) is 0.400. The number of benzene rings is 2. The Hall–Kier alpha value is -2.58. The Morgan fingerprint density at radius 3 is 1.76 bits per heavy atom. The van der Waals surface area contributed by atoms with Gasteiger partial charge in [0.2, 0.25) is 10.0 Å². The van der Waals surface area contributed by atoms with E-state index in [1.807, 2.05) is 13.8 Å². The van der Waals surface area contributed by atoms with E-state index >= 15 is 0 Å². The van der Waals surface area contributed by atoms with E-state index in [9.17, 15) is 25.3 Å². The van der Waals surface area contributed by atoms with Crippen molar-refractivity contribution >= 4 is 30.2 Å². The van der Waals surface area contributed by atoms with Crippen molar-refractivity contribution < 1.29 is 29.4 Å². The highest BCUT2D eigenvalue weighted by Crippen LogP contribution is 2.25. The van der Waals surface area contributed by atoms with Gasteiger partial charge in [-0.05, 0) is 63.8 Å². The largest absolute Gasteiger partial charge is 0.269 e. The molecule has 0 fully saturated rings. The van der Waals surface area contributed by atoms with Gasteiger partial charge in [-0.15, -0.1) is 0 Å². The SMILES string of the molecule is Cc1cc(C)c(S(=O)(=O)N[C@H](COS(C)(=O)=O)Cc2cn(S(=O)(=O)c3c(C)cc(C)cc3C)cn2)c(C)c1. The maximum atomic E-state index is 13.4. The van der Waals surface area contributed by atoms with Crippen LogP contribution >= 0.6 is 0 Å². The summed E-state index contributed by atoms with van der Waals surface area (Å²) in [6.45, 7) is 10.0. The highest BCUT2D eigenvalue weighted by molar-refractivity contribution is 7.90.